The number of aromatic nitrogens is 1. The summed E-state index contributed by atoms with van der Waals surface area (Å²) in [5.41, 5.74) is 6.70. The van der Waals surface area contributed by atoms with Crippen molar-refractivity contribution < 1.29 is 0 Å². The third-order valence-electron chi connectivity index (χ3n) is 5.77. The summed E-state index contributed by atoms with van der Waals surface area (Å²) in [5.74, 6) is 0. The fraction of sp³-hybridized carbons (Fsp3) is 0.458. The van der Waals surface area contributed by atoms with Crippen molar-refractivity contribution in [2.75, 3.05) is 26.2 Å². The summed E-state index contributed by atoms with van der Waals surface area (Å²) in [7, 11) is 0. The molecule has 0 saturated carbocycles. The van der Waals surface area contributed by atoms with Gasteiger partial charge in [-0.3, -0.25) is 4.98 Å². The zero-order valence-corrected chi connectivity index (χ0v) is 18.3. The summed E-state index contributed by atoms with van der Waals surface area (Å²) >= 11 is 6.69. The van der Waals surface area contributed by atoms with Crippen LogP contribution in [0, 0.1) is 0 Å². The summed E-state index contributed by atoms with van der Waals surface area (Å²) in [5, 5.41) is 1.89. The van der Waals surface area contributed by atoms with Gasteiger partial charge in [0.15, 0.2) is 0 Å². The monoisotopic (exact) mass is 397 g/mol. The topological polar surface area (TPSA) is 19.4 Å². The first kappa shape index (κ1) is 20.7. The Hall–Kier alpha value is -2.00. The fourth-order valence-electron chi connectivity index (χ4n) is 4.06. The highest BCUT2D eigenvalue weighted by Gasteiger charge is 2.20. The van der Waals surface area contributed by atoms with Gasteiger partial charge in [0.1, 0.15) is 0 Å². The molecule has 3 rings (SSSR count). The van der Waals surface area contributed by atoms with E-state index >= 15 is 0 Å². The van der Waals surface area contributed by atoms with Gasteiger partial charge in [0.05, 0.1) is 10.5 Å². The first-order valence-electron chi connectivity index (χ1n) is 10.5. The van der Waals surface area contributed by atoms with Crippen LogP contribution < -0.4 is 0 Å². The van der Waals surface area contributed by atoms with Crippen LogP contribution in [-0.4, -0.2) is 41.0 Å². The molecule has 3 nitrogen and oxygen atoms in total. The predicted octanol–water partition coefficient (Wildman–Crippen LogP) is 5.92. The molecule has 0 atom stereocenters. The lowest BCUT2D eigenvalue weighted by atomic mass is 10.0. The van der Waals surface area contributed by atoms with Gasteiger partial charge < -0.3 is 9.80 Å². The molecule has 0 N–H and O–H groups in total. The Labute approximate surface area is 174 Å². The third-order valence-corrected chi connectivity index (χ3v) is 6.20. The Morgan fingerprint density at radius 2 is 1.71 bits per heavy atom. The van der Waals surface area contributed by atoms with E-state index in [1.165, 1.54) is 11.3 Å². The molecule has 1 aliphatic rings. The molecule has 1 aliphatic heterocycles. The van der Waals surface area contributed by atoms with Gasteiger partial charge in [-0.2, -0.15) is 0 Å². The zero-order valence-electron chi connectivity index (χ0n) is 17.5. The number of aryl methyl sites for hydroxylation is 1. The molecule has 150 valence electrons. The number of hydrogen-bond acceptors (Lipinski definition) is 3. The van der Waals surface area contributed by atoms with Crippen LogP contribution in [0.2, 0.25) is 5.02 Å². The standard InChI is InChI=1S/C24H32ClN3/c1-6-9-17(4)27-12-14-28(15-13-27)18(5)19-10-11-21-23(16-19)26-22(8-3)20(7-2)24(21)25/h10-11,16H,4-9,12-15H2,1-3H3. The van der Waals surface area contributed by atoms with Gasteiger partial charge in [-0.05, 0) is 36.5 Å². The highest BCUT2D eigenvalue weighted by Crippen LogP contribution is 2.31. The number of halogens is 1. The Morgan fingerprint density at radius 1 is 1.04 bits per heavy atom. The molecule has 4 heteroatoms. The Bertz CT molecular complexity index is 879. The SMILES string of the molecule is C=C(CCC)N1CCN(C(=C)c2ccc3c(Cl)c(CC)c(CC)nc3c2)CC1. The molecule has 1 fully saturated rings. The third kappa shape index (κ3) is 4.05. The summed E-state index contributed by atoms with van der Waals surface area (Å²) in [6.07, 6.45) is 4.04. The first-order chi connectivity index (χ1) is 13.5. The average molecular weight is 398 g/mol. The van der Waals surface area contributed by atoms with Crippen LogP contribution in [0.4, 0.5) is 0 Å². The molecule has 0 unspecified atom stereocenters. The number of benzene rings is 1. The maximum Gasteiger partial charge on any atom is 0.0727 e. The smallest absolute Gasteiger partial charge is 0.0727 e. The summed E-state index contributed by atoms with van der Waals surface area (Å²) in [4.78, 5) is 9.69. The van der Waals surface area contributed by atoms with E-state index in [1.54, 1.807) is 0 Å². The zero-order chi connectivity index (χ0) is 20.3. The van der Waals surface area contributed by atoms with Crippen LogP contribution in [0.25, 0.3) is 16.6 Å². The first-order valence-corrected chi connectivity index (χ1v) is 10.9. The Kier molecular flexibility index (Phi) is 6.66. The second-order valence-corrected chi connectivity index (χ2v) is 7.91. The number of allylic oxidation sites excluding steroid dienone is 1. The molecule has 0 aliphatic carbocycles. The minimum Gasteiger partial charge on any atom is -0.372 e. The number of rotatable bonds is 7. The van der Waals surface area contributed by atoms with Crippen LogP contribution in [0.1, 0.15) is 50.4 Å². The van der Waals surface area contributed by atoms with Crippen molar-refractivity contribution in [3.05, 3.63) is 58.9 Å². The molecule has 0 spiro atoms. The summed E-state index contributed by atoms with van der Waals surface area (Å²) in [6.45, 7) is 19.1. The van der Waals surface area contributed by atoms with Gasteiger partial charge >= 0.3 is 0 Å². The van der Waals surface area contributed by atoms with Crippen LogP contribution in [0.3, 0.4) is 0 Å². The molecular weight excluding hydrogens is 366 g/mol. The van der Waals surface area contributed by atoms with E-state index < -0.39 is 0 Å². The second kappa shape index (κ2) is 9.00. The number of fused-ring (bicyclic) bond motifs is 1. The summed E-state index contributed by atoms with van der Waals surface area (Å²) < 4.78 is 0. The molecule has 2 heterocycles. The van der Waals surface area contributed by atoms with E-state index in [9.17, 15) is 0 Å². The van der Waals surface area contributed by atoms with Crippen molar-refractivity contribution in [2.24, 2.45) is 0 Å². The van der Waals surface area contributed by atoms with Crippen molar-refractivity contribution in [1.29, 1.82) is 0 Å². The van der Waals surface area contributed by atoms with Gasteiger partial charge in [-0.25, -0.2) is 0 Å². The summed E-state index contributed by atoms with van der Waals surface area (Å²) in [6, 6.07) is 6.37. The Morgan fingerprint density at radius 3 is 2.32 bits per heavy atom. The lowest BCUT2D eigenvalue weighted by Gasteiger charge is -2.39. The average Bonchev–Trinajstić information content (AvgIpc) is 2.73. The van der Waals surface area contributed by atoms with Crippen molar-refractivity contribution in [2.45, 2.75) is 46.5 Å². The normalized spacial score (nSPS) is 14.6. The van der Waals surface area contributed by atoms with Gasteiger partial charge in [0.2, 0.25) is 0 Å². The lowest BCUT2D eigenvalue weighted by Crippen LogP contribution is -2.44. The minimum atomic E-state index is 0.851. The molecule has 0 radical (unpaired) electrons. The molecule has 1 aromatic heterocycles. The number of pyridine rings is 1. The van der Waals surface area contributed by atoms with Crippen molar-refractivity contribution >= 4 is 28.2 Å². The molecule has 0 amide bonds. The number of hydrogen-bond donors (Lipinski definition) is 0. The maximum absolute atomic E-state index is 6.69. The minimum absolute atomic E-state index is 0.851. The quantitative estimate of drug-likeness (QED) is 0.578. The predicted molar refractivity (Wildman–Crippen MR) is 122 cm³/mol. The number of nitrogens with zero attached hydrogens (tertiary/aromatic N) is 3. The Balaban J connectivity index is 1.80. The van der Waals surface area contributed by atoms with E-state index in [0.29, 0.717) is 0 Å². The van der Waals surface area contributed by atoms with Crippen molar-refractivity contribution in [3.63, 3.8) is 0 Å². The maximum atomic E-state index is 6.69. The molecular formula is C24H32ClN3. The molecule has 2 aromatic rings. The molecule has 1 saturated heterocycles. The highest BCUT2D eigenvalue weighted by molar-refractivity contribution is 6.36. The largest absolute Gasteiger partial charge is 0.372 e. The van der Waals surface area contributed by atoms with E-state index in [-0.39, 0.29) is 0 Å². The van der Waals surface area contributed by atoms with Crippen LogP contribution in [-0.2, 0) is 12.8 Å². The molecule has 0 bridgehead atoms. The van der Waals surface area contributed by atoms with E-state index in [1.807, 2.05) is 0 Å². The highest BCUT2D eigenvalue weighted by atomic mass is 35.5. The van der Waals surface area contributed by atoms with E-state index in [2.05, 4.69) is 61.9 Å². The van der Waals surface area contributed by atoms with Crippen molar-refractivity contribution in [1.82, 2.24) is 14.8 Å². The van der Waals surface area contributed by atoms with E-state index in [4.69, 9.17) is 16.6 Å². The van der Waals surface area contributed by atoms with E-state index in [0.717, 1.165) is 84.7 Å². The molecule has 28 heavy (non-hydrogen) atoms. The van der Waals surface area contributed by atoms with Gasteiger partial charge in [0, 0.05) is 48.7 Å². The van der Waals surface area contributed by atoms with Gasteiger partial charge in [0.25, 0.3) is 0 Å². The molecule has 1 aromatic carbocycles. The fourth-order valence-corrected chi connectivity index (χ4v) is 4.47. The van der Waals surface area contributed by atoms with Crippen LogP contribution in [0.5, 0.6) is 0 Å². The second-order valence-electron chi connectivity index (χ2n) is 7.53. The van der Waals surface area contributed by atoms with Crippen LogP contribution >= 0.6 is 11.6 Å². The number of piperazine rings is 1. The van der Waals surface area contributed by atoms with Gasteiger partial charge in [-0.1, -0.05) is 64.1 Å². The lowest BCUT2D eigenvalue weighted by molar-refractivity contribution is 0.209. The van der Waals surface area contributed by atoms with Gasteiger partial charge in [-0.15, -0.1) is 0 Å². The van der Waals surface area contributed by atoms with Crippen LogP contribution in [0.15, 0.2) is 37.1 Å². The van der Waals surface area contributed by atoms with Crippen molar-refractivity contribution in [3.8, 4) is 0 Å².